The lowest BCUT2D eigenvalue weighted by Crippen LogP contribution is -2.70. The molecule has 0 aliphatic carbocycles. The van der Waals surface area contributed by atoms with E-state index in [0.717, 1.165) is 16.0 Å². The molecule has 36 heavy (non-hydrogen) atoms. The van der Waals surface area contributed by atoms with Gasteiger partial charge in [-0.25, -0.2) is 4.79 Å². The summed E-state index contributed by atoms with van der Waals surface area (Å²) in [5.41, 5.74) is 2.51. The number of thiophene rings is 1. The normalized spacial score (nSPS) is 18.8. The molecular weight excluding hydrogens is 498 g/mol. The number of hydrogen-bond donors (Lipinski definition) is 1. The van der Waals surface area contributed by atoms with Crippen LogP contribution in [0, 0.1) is 0 Å². The summed E-state index contributed by atoms with van der Waals surface area (Å²) in [5.74, 6) is 0.0686. The largest absolute Gasteiger partial charge is 0.497 e. The van der Waals surface area contributed by atoms with E-state index in [-0.39, 0.29) is 35.9 Å². The van der Waals surface area contributed by atoms with Gasteiger partial charge in [-0.1, -0.05) is 18.2 Å². The molecule has 0 unspecified atom stereocenters. The minimum absolute atomic E-state index is 0.0524. The summed E-state index contributed by atoms with van der Waals surface area (Å²) < 4.78 is 10.8. The SMILES string of the molecule is COc1ccc(COC(=O)C2=C(c3ccncc3)CS[C@H]3[C@H](NC(=O)Cc4cccs4)C(=O)N23)cc1. The van der Waals surface area contributed by atoms with Crippen molar-refractivity contribution in [1.82, 2.24) is 15.2 Å². The van der Waals surface area contributed by atoms with Gasteiger partial charge < -0.3 is 14.8 Å². The first-order valence-corrected chi connectivity index (χ1v) is 13.2. The molecule has 0 saturated carbocycles. The molecule has 3 aromatic rings. The van der Waals surface area contributed by atoms with E-state index in [9.17, 15) is 14.4 Å². The highest BCUT2D eigenvalue weighted by Crippen LogP contribution is 2.43. The maximum Gasteiger partial charge on any atom is 0.355 e. The van der Waals surface area contributed by atoms with Crippen LogP contribution in [-0.4, -0.2) is 51.9 Å². The number of carbonyl (C=O) groups is 3. The van der Waals surface area contributed by atoms with Crippen molar-refractivity contribution in [2.75, 3.05) is 12.9 Å². The number of β-lactam (4-membered cyclic amide) rings is 1. The van der Waals surface area contributed by atoms with E-state index >= 15 is 0 Å². The summed E-state index contributed by atoms with van der Waals surface area (Å²) in [6, 6.07) is 13.9. The van der Waals surface area contributed by atoms with Gasteiger partial charge in [0.25, 0.3) is 5.91 Å². The Labute approximate surface area is 216 Å². The number of amides is 2. The summed E-state index contributed by atoms with van der Waals surface area (Å²) in [4.78, 5) is 45.5. The zero-order chi connectivity index (χ0) is 25.1. The number of hydrogen-bond acceptors (Lipinski definition) is 8. The van der Waals surface area contributed by atoms with Crippen molar-refractivity contribution in [1.29, 1.82) is 0 Å². The van der Waals surface area contributed by atoms with Crippen LogP contribution in [0.4, 0.5) is 0 Å². The maximum atomic E-state index is 13.3. The second-order valence-electron chi connectivity index (χ2n) is 8.20. The number of fused-ring (bicyclic) bond motifs is 1. The lowest BCUT2D eigenvalue weighted by Gasteiger charge is -2.49. The van der Waals surface area contributed by atoms with Crippen LogP contribution < -0.4 is 10.1 Å². The van der Waals surface area contributed by atoms with Gasteiger partial charge >= 0.3 is 5.97 Å². The van der Waals surface area contributed by atoms with Crippen LogP contribution in [0.15, 0.2) is 72.0 Å². The molecule has 1 aromatic carbocycles. The molecule has 2 aromatic heterocycles. The Morgan fingerprint density at radius 3 is 2.61 bits per heavy atom. The first kappa shape index (κ1) is 24.1. The van der Waals surface area contributed by atoms with E-state index in [1.807, 2.05) is 29.6 Å². The van der Waals surface area contributed by atoms with Crippen LogP contribution in [-0.2, 0) is 32.1 Å². The van der Waals surface area contributed by atoms with Crippen LogP contribution in [0.1, 0.15) is 16.0 Å². The van der Waals surface area contributed by atoms with E-state index in [1.54, 1.807) is 43.8 Å². The third-order valence-electron chi connectivity index (χ3n) is 5.95. The molecule has 4 heterocycles. The van der Waals surface area contributed by atoms with Crippen molar-refractivity contribution in [3.63, 3.8) is 0 Å². The number of carbonyl (C=O) groups excluding carboxylic acids is 3. The summed E-state index contributed by atoms with van der Waals surface area (Å²) in [7, 11) is 1.58. The molecule has 0 spiro atoms. The molecule has 2 aliphatic heterocycles. The fourth-order valence-corrected chi connectivity index (χ4v) is 6.20. The van der Waals surface area contributed by atoms with Crippen LogP contribution in [0.5, 0.6) is 5.75 Å². The summed E-state index contributed by atoms with van der Waals surface area (Å²) in [5, 5.41) is 4.38. The van der Waals surface area contributed by atoms with Gasteiger partial charge in [-0.15, -0.1) is 23.1 Å². The van der Waals surface area contributed by atoms with Gasteiger partial charge in [-0.2, -0.15) is 0 Å². The molecule has 1 saturated heterocycles. The highest BCUT2D eigenvalue weighted by molar-refractivity contribution is 8.00. The lowest BCUT2D eigenvalue weighted by atomic mass is 9.99. The number of rotatable bonds is 8. The number of nitrogens with zero attached hydrogens (tertiary/aromatic N) is 2. The molecule has 184 valence electrons. The van der Waals surface area contributed by atoms with Crippen LogP contribution in [0.25, 0.3) is 5.57 Å². The number of methoxy groups -OCH3 is 1. The van der Waals surface area contributed by atoms with Gasteiger partial charge in [0.15, 0.2) is 0 Å². The highest BCUT2D eigenvalue weighted by Gasteiger charge is 2.54. The molecule has 1 N–H and O–H groups in total. The van der Waals surface area contributed by atoms with Crippen molar-refractivity contribution in [2.45, 2.75) is 24.4 Å². The summed E-state index contributed by atoms with van der Waals surface area (Å²) >= 11 is 3.00. The van der Waals surface area contributed by atoms with E-state index in [1.165, 1.54) is 28.0 Å². The summed E-state index contributed by atoms with van der Waals surface area (Å²) in [6.07, 6.45) is 3.50. The van der Waals surface area contributed by atoms with Gasteiger partial charge in [-0.05, 0) is 46.8 Å². The third-order valence-corrected chi connectivity index (χ3v) is 8.11. The number of benzene rings is 1. The van der Waals surface area contributed by atoms with Gasteiger partial charge in [-0.3, -0.25) is 19.5 Å². The molecule has 2 aliphatic rings. The topological polar surface area (TPSA) is 97.8 Å². The smallest absolute Gasteiger partial charge is 0.355 e. The van der Waals surface area contributed by atoms with Gasteiger partial charge in [0.05, 0.1) is 13.5 Å². The molecular formula is C26H23N3O5S2. The fraction of sp³-hybridized carbons (Fsp3) is 0.231. The number of nitrogens with one attached hydrogen (secondary N) is 1. The Morgan fingerprint density at radius 1 is 1.14 bits per heavy atom. The average molecular weight is 522 g/mol. The van der Waals surface area contributed by atoms with Crippen molar-refractivity contribution in [2.24, 2.45) is 0 Å². The minimum atomic E-state index is -0.689. The fourth-order valence-electron chi connectivity index (χ4n) is 4.12. The predicted molar refractivity (Wildman–Crippen MR) is 137 cm³/mol. The van der Waals surface area contributed by atoms with E-state index in [4.69, 9.17) is 9.47 Å². The lowest BCUT2D eigenvalue weighted by molar-refractivity contribution is -0.153. The van der Waals surface area contributed by atoms with Crippen molar-refractivity contribution >= 4 is 46.5 Å². The molecule has 0 radical (unpaired) electrons. The number of aromatic nitrogens is 1. The average Bonchev–Trinajstić information content (AvgIpc) is 3.43. The Balaban J connectivity index is 1.35. The maximum absolute atomic E-state index is 13.3. The monoisotopic (exact) mass is 521 g/mol. The summed E-state index contributed by atoms with van der Waals surface area (Å²) in [6.45, 7) is 0.0524. The van der Waals surface area contributed by atoms with Gasteiger partial charge in [0, 0.05) is 28.6 Å². The van der Waals surface area contributed by atoms with E-state index < -0.39 is 12.0 Å². The third kappa shape index (κ3) is 4.87. The van der Waals surface area contributed by atoms with E-state index in [2.05, 4.69) is 10.3 Å². The Bertz CT molecular complexity index is 1290. The number of esters is 1. The highest BCUT2D eigenvalue weighted by atomic mass is 32.2. The first-order valence-electron chi connectivity index (χ1n) is 11.2. The quantitative estimate of drug-likeness (QED) is 0.359. The molecule has 5 rings (SSSR count). The van der Waals surface area contributed by atoms with Gasteiger partial charge in [0.1, 0.15) is 29.5 Å². The minimum Gasteiger partial charge on any atom is -0.497 e. The van der Waals surface area contributed by atoms with Crippen molar-refractivity contribution < 1.29 is 23.9 Å². The predicted octanol–water partition coefficient (Wildman–Crippen LogP) is 3.25. The molecule has 10 heteroatoms. The number of ether oxygens (including phenoxy) is 2. The first-order chi connectivity index (χ1) is 17.5. The molecule has 2 amide bonds. The Morgan fingerprint density at radius 2 is 1.92 bits per heavy atom. The van der Waals surface area contributed by atoms with Crippen molar-refractivity contribution in [3.05, 3.63) is 88.0 Å². The molecule has 2 atom stereocenters. The number of thioether (sulfide) groups is 1. The van der Waals surface area contributed by atoms with E-state index in [0.29, 0.717) is 17.1 Å². The number of pyridine rings is 1. The molecule has 8 nitrogen and oxygen atoms in total. The zero-order valence-electron chi connectivity index (χ0n) is 19.4. The molecule has 0 bridgehead atoms. The van der Waals surface area contributed by atoms with Crippen LogP contribution in [0.2, 0.25) is 0 Å². The standard InChI is InChI=1S/C26H23N3O5S2/c1-33-18-6-4-16(5-7-18)14-34-26(32)23-20(17-8-10-27-11-9-17)15-36-25-22(24(31)29(23)25)28-21(30)13-19-3-2-12-35-19/h2-12,22,25H,13-15H2,1H3,(H,28,30)/t22-,25+/m1/s1. The van der Waals surface area contributed by atoms with Crippen LogP contribution in [0.3, 0.4) is 0 Å². The van der Waals surface area contributed by atoms with Gasteiger partial charge in [0.2, 0.25) is 5.91 Å². The molecule has 1 fully saturated rings. The zero-order valence-corrected chi connectivity index (χ0v) is 21.0. The Kier molecular flexibility index (Phi) is 7.06. The van der Waals surface area contributed by atoms with Crippen molar-refractivity contribution in [3.8, 4) is 5.75 Å². The second kappa shape index (κ2) is 10.5. The second-order valence-corrected chi connectivity index (χ2v) is 10.3. The Hall–Kier alpha value is -3.63. The van der Waals surface area contributed by atoms with Crippen LogP contribution >= 0.6 is 23.1 Å².